The van der Waals surface area contributed by atoms with Crippen molar-refractivity contribution >= 4 is 28.2 Å². The molecule has 132 valence electrons. The zero-order valence-electron chi connectivity index (χ0n) is 14.6. The van der Waals surface area contributed by atoms with Crippen LogP contribution in [0, 0.1) is 18.3 Å². The van der Waals surface area contributed by atoms with Crippen molar-refractivity contribution in [2.24, 2.45) is 7.05 Å². The Hall–Kier alpha value is -3.04. The van der Waals surface area contributed by atoms with E-state index in [2.05, 4.69) is 10.3 Å². The minimum Gasteiger partial charge on any atom is -0.374 e. The molecule has 0 saturated heterocycles. The second-order valence-electron chi connectivity index (χ2n) is 6.21. The summed E-state index contributed by atoms with van der Waals surface area (Å²) < 4.78 is 1.27. The van der Waals surface area contributed by atoms with E-state index in [0.717, 1.165) is 16.5 Å². The highest BCUT2D eigenvalue weighted by atomic mass is 35.5. The smallest absolute Gasteiger partial charge is 0.274 e. The minimum absolute atomic E-state index is 0.228. The second-order valence-corrected chi connectivity index (χ2v) is 6.65. The lowest BCUT2D eigenvalue weighted by atomic mass is 10.0. The third-order valence-electron chi connectivity index (χ3n) is 4.40. The molecular formula is C19H17ClN4O2. The zero-order valence-corrected chi connectivity index (χ0v) is 15.3. The maximum Gasteiger partial charge on any atom is 0.274 e. The molecule has 1 atom stereocenters. The highest BCUT2D eigenvalue weighted by molar-refractivity contribution is 6.31. The number of rotatable bonds is 3. The number of nitriles is 1. The van der Waals surface area contributed by atoms with E-state index in [0.29, 0.717) is 16.3 Å². The zero-order chi connectivity index (χ0) is 19.0. The fraction of sp³-hybridized carbons (Fsp3) is 0.211. The summed E-state index contributed by atoms with van der Waals surface area (Å²) in [5, 5.41) is 13.5. The van der Waals surface area contributed by atoms with E-state index in [1.807, 2.05) is 13.0 Å². The van der Waals surface area contributed by atoms with Crippen LogP contribution in [0.3, 0.4) is 0 Å². The third kappa shape index (κ3) is 3.09. The summed E-state index contributed by atoms with van der Waals surface area (Å²) in [6.45, 7) is 3.68. The van der Waals surface area contributed by atoms with Crippen LogP contribution >= 0.6 is 11.6 Å². The standard InChI is InChI=1S/C19H17ClN4O2/c1-10-6-13(20)7-12-8-15(18(25)23-17(10)12)11(2)22-16-5-4-14(9-21)24(3)19(16)26/h4-8,11,22H,1-3H3,(H,23,25)/t11-/m0/s1. The SMILES string of the molecule is Cc1cc(Cl)cc2cc([C@H](C)Nc3ccc(C#N)n(C)c3=O)c(=O)[nH]c12. The van der Waals surface area contributed by atoms with Gasteiger partial charge in [-0.25, -0.2) is 0 Å². The Balaban J connectivity index is 2.04. The summed E-state index contributed by atoms with van der Waals surface area (Å²) in [4.78, 5) is 27.7. The number of nitrogens with one attached hydrogen (secondary N) is 2. The minimum atomic E-state index is -0.414. The number of aromatic amines is 1. The van der Waals surface area contributed by atoms with Crippen LogP contribution in [0.5, 0.6) is 0 Å². The largest absolute Gasteiger partial charge is 0.374 e. The van der Waals surface area contributed by atoms with Gasteiger partial charge >= 0.3 is 0 Å². The summed E-state index contributed by atoms with van der Waals surface area (Å²) in [5.41, 5.74) is 2.15. The van der Waals surface area contributed by atoms with Crippen molar-refractivity contribution < 1.29 is 0 Å². The van der Waals surface area contributed by atoms with Gasteiger partial charge in [-0.15, -0.1) is 0 Å². The highest BCUT2D eigenvalue weighted by Crippen LogP contribution is 2.24. The number of anilines is 1. The molecule has 1 aromatic carbocycles. The number of aryl methyl sites for hydroxylation is 1. The molecule has 0 spiro atoms. The van der Waals surface area contributed by atoms with Crippen LogP contribution < -0.4 is 16.4 Å². The van der Waals surface area contributed by atoms with Crippen molar-refractivity contribution in [3.05, 3.63) is 72.9 Å². The van der Waals surface area contributed by atoms with Gasteiger partial charge in [0.15, 0.2) is 0 Å². The molecule has 0 fully saturated rings. The van der Waals surface area contributed by atoms with E-state index in [9.17, 15) is 9.59 Å². The van der Waals surface area contributed by atoms with Crippen molar-refractivity contribution in [2.75, 3.05) is 5.32 Å². The van der Waals surface area contributed by atoms with E-state index in [4.69, 9.17) is 16.9 Å². The van der Waals surface area contributed by atoms with E-state index in [-0.39, 0.29) is 16.8 Å². The average molecular weight is 369 g/mol. The molecule has 0 radical (unpaired) electrons. The molecule has 0 bridgehead atoms. The molecule has 0 aliphatic heterocycles. The molecule has 0 aliphatic carbocycles. The number of fused-ring (bicyclic) bond motifs is 1. The van der Waals surface area contributed by atoms with Crippen LogP contribution in [0.1, 0.15) is 29.8 Å². The van der Waals surface area contributed by atoms with Crippen molar-refractivity contribution in [1.29, 1.82) is 5.26 Å². The Labute approximate surface area is 154 Å². The highest BCUT2D eigenvalue weighted by Gasteiger charge is 2.15. The first-order valence-electron chi connectivity index (χ1n) is 8.01. The molecule has 3 rings (SSSR count). The van der Waals surface area contributed by atoms with E-state index < -0.39 is 6.04 Å². The molecule has 2 aromatic heterocycles. The van der Waals surface area contributed by atoms with Gasteiger partial charge in [0.05, 0.1) is 11.6 Å². The molecule has 0 amide bonds. The Kier molecular flexibility index (Phi) is 4.58. The van der Waals surface area contributed by atoms with Crippen molar-refractivity contribution in [3.63, 3.8) is 0 Å². The molecule has 7 heteroatoms. The van der Waals surface area contributed by atoms with E-state index >= 15 is 0 Å². The molecule has 0 aliphatic rings. The predicted molar refractivity (Wildman–Crippen MR) is 103 cm³/mol. The second kappa shape index (κ2) is 6.70. The summed E-state index contributed by atoms with van der Waals surface area (Å²) in [6.07, 6.45) is 0. The van der Waals surface area contributed by atoms with Gasteiger partial charge in [0.25, 0.3) is 11.1 Å². The van der Waals surface area contributed by atoms with Crippen LogP contribution in [0.4, 0.5) is 5.69 Å². The fourth-order valence-corrected chi connectivity index (χ4v) is 3.24. The van der Waals surface area contributed by atoms with Crippen LogP contribution in [-0.2, 0) is 7.05 Å². The summed E-state index contributed by atoms with van der Waals surface area (Å²) >= 11 is 6.11. The average Bonchev–Trinajstić information content (AvgIpc) is 2.59. The van der Waals surface area contributed by atoms with Gasteiger partial charge in [0.2, 0.25) is 0 Å². The van der Waals surface area contributed by atoms with E-state index in [1.165, 1.54) is 11.6 Å². The first kappa shape index (κ1) is 17.8. The number of hydrogen-bond acceptors (Lipinski definition) is 4. The number of benzene rings is 1. The van der Waals surface area contributed by atoms with Crippen LogP contribution in [0.2, 0.25) is 5.02 Å². The lowest BCUT2D eigenvalue weighted by Gasteiger charge is -2.16. The Morgan fingerprint density at radius 2 is 2.00 bits per heavy atom. The number of pyridine rings is 2. The molecule has 2 N–H and O–H groups in total. The van der Waals surface area contributed by atoms with Crippen LogP contribution in [0.15, 0.2) is 39.9 Å². The molecule has 0 saturated carbocycles. The fourth-order valence-electron chi connectivity index (χ4n) is 2.96. The number of halogens is 1. The van der Waals surface area contributed by atoms with Crippen molar-refractivity contribution in [3.8, 4) is 6.07 Å². The van der Waals surface area contributed by atoms with Crippen LogP contribution in [-0.4, -0.2) is 9.55 Å². The van der Waals surface area contributed by atoms with Gasteiger partial charge in [-0.2, -0.15) is 5.26 Å². The molecule has 0 unspecified atom stereocenters. The van der Waals surface area contributed by atoms with Gasteiger partial charge in [-0.3, -0.25) is 9.59 Å². The Morgan fingerprint density at radius 1 is 1.27 bits per heavy atom. The lowest BCUT2D eigenvalue weighted by Crippen LogP contribution is -2.26. The topological polar surface area (TPSA) is 90.7 Å². The number of H-pyrrole nitrogens is 1. The number of hydrogen-bond donors (Lipinski definition) is 2. The van der Waals surface area contributed by atoms with Crippen molar-refractivity contribution in [1.82, 2.24) is 9.55 Å². The molecule has 26 heavy (non-hydrogen) atoms. The maximum atomic E-state index is 12.5. The third-order valence-corrected chi connectivity index (χ3v) is 4.62. The van der Waals surface area contributed by atoms with Crippen molar-refractivity contribution in [2.45, 2.75) is 19.9 Å². The lowest BCUT2D eigenvalue weighted by molar-refractivity contribution is 0.818. The summed E-state index contributed by atoms with van der Waals surface area (Å²) in [6, 6.07) is 10.0. The van der Waals surface area contributed by atoms with Gasteiger partial charge in [-0.05, 0) is 49.7 Å². The van der Waals surface area contributed by atoms with Gasteiger partial charge in [-0.1, -0.05) is 11.6 Å². The molecule has 3 aromatic rings. The Bertz CT molecular complexity index is 1170. The predicted octanol–water partition coefficient (Wildman–Crippen LogP) is 3.23. The van der Waals surface area contributed by atoms with Gasteiger partial charge < -0.3 is 14.9 Å². The summed E-state index contributed by atoms with van der Waals surface area (Å²) in [7, 11) is 1.53. The molecular weight excluding hydrogens is 352 g/mol. The quantitative estimate of drug-likeness (QED) is 0.742. The Morgan fingerprint density at radius 3 is 2.69 bits per heavy atom. The number of aromatic nitrogens is 2. The van der Waals surface area contributed by atoms with Crippen LogP contribution in [0.25, 0.3) is 10.9 Å². The molecule has 2 heterocycles. The first-order valence-corrected chi connectivity index (χ1v) is 8.39. The number of nitrogens with zero attached hydrogens (tertiary/aromatic N) is 2. The normalized spacial score (nSPS) is 12.0. The van der Waals surface area contributed by atoms with Gasteiger partial charge in [0.1, 0.15) is 17.5 Å². The monoisotopic (exact) mass is 368 g/mol. The van der Waals surface area contributed by atoms with Gasteiger partial charge in [0, 0.05) is 23.0 Å². The maximum absolute atomic E-state index is 12.5. The van der Waals surface area contributed by atoms with E-state index in [1.54, 1.807) is 37.3 Å². The molecule has 6 nitrogen and oxygen atoms in total. The summed E-state index contributed by atoms with van der Waals surface area (Å²) in [5.74, 6) is 0. The first-order chi connectivity index (χ1) is 12.3.